The van der Waals surface area contributed by atoms with Crippen LogP contribution in [0.15, 0.2) is 40.6 Å². The quantitative estimate of drug-likeness (QED) is 0.746. The van der Waals surface area contributed by atoms with E-state index in [4.69, 9.17) is 4.74 Å². The van der Waals surface area contributed by atoms with Crippen LogP contribution in [0.2, 0.25) is 0 Å². The highest BCUT2D eigenvalue weighted by Crippen LogP contribution is 2.29. The minimum atomic E-state index is -3.73. The van der Waals surface area contributed by atoms with Crippen LogP contribution in [-0.2, 0) is 14.8 Å². The van der Waals surface area contributed by atoms with Crippen molar-refractivity contribution in [1.29, 1.82) is 0 Å². The summed E-state index contributed by atoms with van der Waals surface area (Å²) in [7, 11) is -2.48. The van der Waals surface area contributed by atoms with Crippen molar-refractivity contribution in [2.24, 2.45) is 0 Å². The second-order valence-corrected chi connectivity index (χ2v) is 9.17. The van der Waals surface area contributed by atoms with Crippen LogP contribution in [0.5, 0.6) is 0 Å². The van der Waals surface area contributed by atoms with Crippen molar-refractivity contribution in [2.75, 3.05) is 31.6 Å². The van der Waals surface area contributed by atoms with Crippen LogP contribution in [0.25, 0.3) is 0 Å². The molecule has 0 spiro atoms. The number of esters is 1. The van der Waals surface area contributed by atoms with E-state index in [1.54, 1.807) is 5.38 Å². The summed E-state index contributed by atoms with van der Waals surface area (Å²) in [4.78, 5) is 14.2. The molecule has 1 aromatic carbocycles. The average Bonchev–Trinajstić information content (AvgIpc) is 3.12. The Hall–Kier alpha value is -1.90. The molecule has 2 aromatic rings. The molecule has 2 heterocycles. The molecule has 0 aliphatic carbocycles. The fraction of sp³-hybridized carbons (Fsp3) is 0.389. The van der Waals surface area contributed by atoms with E-state index in [2.05, 4.69) is 29.2 Å². The lowest BCUT2D eigenvalue weighted by atomic mass is 10.1. The molecule has 1 fully saturated rings. The van der Waals surface area contributed by atoms with Crippen LogP contribution < -0.4 is 4.90 Å². The number of ether oxygens (including phenoxy) is 1. The van der Waals surface area contributed by atoms with Gasteiger partial charge < -0.3 is 9.64 Å². The summed E-state index contributed by atoms with van der Waals surface area (Å²) in [5.41, 5.74) is 2.28. The van der Waals surface area contributed by atoms with Crippen LogP contribution in [-0.4, -0.2) is 51.5 Å². The number of rotatable bonds is 4. The van der Waals surface area contributed by atoms with E-state index in [0.29, 0.717) is 19.6 Å². The first-order chi connectivity index (χ1) is 12.3. The van der Waals surface area contributed by atoms with Crippen molar-refractivity contribution in [3.05, 3.63) is 46.2 Å². The lowest BCUT2D eigenvalue weighted by Gasteiger charge is -2.40. The SMILES string of the molecule is COC(=O)c1sccc1S(=O)(=O)N1CCN(c2ccc(C)cc2)C(C)C1. The molecule has 0 amide bonds. The molecule has 6 nitrogen and oxygen atoms in total. The summed E-state index contributed by atoms with van der Waals surface area (Å²) in [5.74, 6) is -0.620. The molecule has 1 aromatic heterocycles. The normalized spacial score (nSPS) is 18.7. The van der Waals surface area contributed by atoms with Crippen molar-refractivity contribution in [2.45, 2.75) is 24.8 Å². The number of hydrogen-bond acceptors (Lipinski definition) is 6. The Labute approximate surface area is 158 Å². The molecule has 3 rings (SSSR count). The topological polar surface area (TPSA) is 66.9 Å². The van der Waals surface area contributed by atoms with Crippen molar-refractivity contribution in [1.82, 2.24) is 4.31 Å². The van der Waals surface area contributed by atoms with Crippen molar-refractivity contribution >= 4 is 33.0 Å². The summed E-state index contributed by atoms with van der Waals surface area (Å²) in [6.45, 7) is 5.39. The fourth-order valence-corrected chi connectivity index (χ4v) is 5.96. The zero-order chi connectivity index (χ0) is 18.9. The molecule has 0 radical (unpaired) electrons. The van der Waals surface area contributed by atoms with Gasteiger partial charge in [-0.15, -0.1) is 11.3 Å². The van der Waals surface area contributed by atoms with Gasteiger partial charge in [0.25, 0.3) is 0 Å². The highest BCUT2D eigenvalue weighted by Gasteiger charge is 2.35. The Morgan fingerprint density at radius 1 is 1.19 bits per heavy atom. The Balaban J connectivity index is 1.81. The third-order valence-corrected chi connectivity index (χ3v) is 7.50. The molecule has 26 heavy (non-hydrogen) atoms. The Morgan fingerprint density at radius 3 is 2.50 bits per heavy atom. The van der Waals surface area contributed by atoms with Gasteiger partial charge in [0, 0.05) is 31.4 Å². The summed E-state index contributed by atoms with van der Waals surface area (Å²) in [6, 6.07) is 9.73. The predicted octanol–water partition coefficient (Wildman–Crippen LogP) is 2.74. The van der Waals surface area contributed by atoms with Gasteiger partial charge in [0.15, 0.2) is 0 Å². The molecular weight excluding hydrogens is 372 g/mol. The van der Waals surface area contributed by atoms with Gasteiger partial charge in [-0.3, -0.25) is 0 Å². The molecule has 0 N–H and O–H groups in total. The number of thiophene rings is 1. The first-order valence-electron chi connectivity index (χ1n) is 8.34. The average molecular weight is 395 g/mol. The molecule has 8 heteroatoms. The zero-order valence-corrected chi connectivity index (χ0v) is 16.6. The second kappa shape index (κ2) is 7.38. The number of aryl methyl sites for hydroxylation is 1. The number of carbonyl (C=O) groups is 1. The highest BCUT2D eigenvalue weighted by molar-refractivity contribution is 7.89. The van der Waals surface area contributed by atoms with E-state index in [1.165, 1.54) is 23.0 Å². The van der Waals surface area contributed by atoms with Gasteiger partial charge in [-0.25, -0.2) is 13.2 Å². The van der Waals surface area contributed by atoms with E-state index in [1.807, 2.05) is 13.8 Å². The number of anilines is 1. The summed E-state index contributed by atoms with van der Waals surface area (Å²) in [6.07, 6.45) is 0. The molecule has 140 valence electrons. The van der Waals surface area contributed by atoms with E-state index in [-0.39, 0.29) is 15.8 Å². The van der Waals surface area contributed by atoms with Gasteiger partial charge in [-0.1, -0.05) is 17.7 Å². The van der Waals surface area contributed by atoms with E-state index < -0.39 is 16.0 Å². The summed E-state index contributed by atoms with van der Waals surface area (Å²) in [5, 5.41) is 1.60. The van der Waals surface area contributed by atoms with Crippen LogP contribution in [0.1, 0.15) is 22.2 Å². The largest absolute Gasteiger partial charge is 0.465 e. The molecule has 1 aliphatic rings. The number of nitrogens with zero attached hydrogens (tertiary/aromatic N) is 2. The molecule has 0 saturated carbocycles. The van der Waals surface area contributed by atoms with Crippen LogP contribution in [0, 0.1) is 6.92 Å². The van der Waals surface area contributed by atoms with Crippen LogP contribution in [0.4, 0.5) is 5.69 Å². The molecule has 1 unspecified atom stereocenters. The van der Waals surface area contributed by atoms with Gasteiger partial charge in [0.2, 0.25) is 10.0 Å². The monoisotopic (exact) mass is 394 g/mol. The van der Waals surface area contributed by atoms with E-state index in [0.717, 1.165) is 17.0 Å². The molecule has 1 aliphatic heterocycles. The van der Waals surface area contributed by atoms with Crippen molar-refractivity contribution in [3.8, 4) is 0 Å². The van der Waals surface area contributed by atoms with Gasteiger partial charge in [0.1, 0.15) is 9.77 Å². The maximum Gasteiger partial charge on any atom is 0.349 e. The summed E-state index contributed by atoms with van der Waals surface area (Å²) < 4.78 is 32.2. The standard InChI is InChI=1S/C18H22N2O4S2/c1-13-4-6-15(7-5-13)20-10-9-19(12-14(20)2)26(22,23)16-8-11-25-17(16)18(21)24-3/h4-8,11,14H,9-10,12H2,1-3H3. The molecular formula is C18H22N2O4S2. The Morgan fingerprint density at radius 2 is 1.88 bits per heavy atom. The Bertz CT molecular complexity index is 890. The van der Waals surface area contributed by atoms with Gasteiger partial charge in [-0.2, -0.15) is 4.31 Å². The highest BCUT2D eigenvalue weighted by atomic mass is 32.2. The van der Waals surface area contributed by atoms with Crippen LogP contribution in [0.3, 0.4) is 0 Å². The van der Waals surface area contributed by atoms with Gasteiger partial charge in [0.05, 0.1) is 7.11 Å². The maximum atomic E-state index is 13.0. The first kappa shape index (κ1) is 18.9. The number of sulfonamides is 1. The number of carbonyl (C=O) groups excluding carboxylic acids is 1. The van der Waals surface area contributed by atoms with Crippen molar-refractivity contribution < 1.29 is 17.9 Å². The predicted molar refractivity (Wildman–Crippen MR) is 102 cm³/mol. The number of benzene rings is 1. The minimum absolute atomic E-state index is 0.0291. The zero-order valence-electron chi connectivity index (χ0n) is 15.0. The number of hydrogen-bond donors (Lipinski definition) is 0. The molecule has 0 bridgehead atoms. The fourth-order valence-electron chi connectivity index (χ4n) is 3.14. The second-order valence-electron chi connectivity index (χ2n) is 6.35. The summed E-state index contributed by atoms with van der Waals surface area (Å²) >= 11 is 1.08. The minimum Gasteiger partial charge on any atom is -0.465 e. The Kier molecular flexibility index (Phi) is 5.36. The molecule has 1 saturated heterocycles. The van der Waals surface area contributed by atoms with Crippen LogP contribution >= 0.6 is 11.3 Å². The first-order valence-corrected chi connectivity index (χ1v) is 10.7. The third-order valence-electron chi connectivity index (χ3n) is 4.57. The van der Waals surface area contributed by atoms with E-state index in [9.17, 15) is 13.2 Å². The van der Waals surface area contributed by atoms with Gasteiger partial charge >= 0.3 is 5.97 Å². The van der Waals surface area contributed by atoms with E-state index >= 15 is 0 Å². The number of methoxy groups -OCH3 is 1. The third kappa shape index (κ3) is 3.49. The smallest absolute Gasteiger partial charge is 0.349 e. The maximum absolute atomic E-state index is 13.0. The van der Waals surface area contributed by atoms with Gasteiger partial charge in [-0.05, 0) is 37.4 Å². The molecule has 1 atom stereocenters. The van der Waals surface area contributed by atoms with Crippen molar-refractivity contribution in [3.63, 3.8) is 0 Å². The lowest BCUT2D eigenvalue weighted by molar-refractivity contribution is 0.0602. The number of piperazine rings is 1. The lowest BCUT2D eigenvalue weighted by Crippen LogP contribution is -2.53.